The van der Waals surface area contributed by atoms with Crippen molar-refractivity contribution in [2.75, 3.05) is 0 Å². The van der Waals surface area contributed by atoms with Gasteiger partial charge in [0.2, 0.25) is 0 Å². The van der Waals surface area contributed by atoms with Crippen LogP contribution in [-0.2, 0) is 13.1 Å². The number of aryl methyl sites for hydroxylation is 3. The van der Waals surface area contributed by atoms with Gasteiger partial charge in [0, 0.05) is 66.6 Å². The average molecular weight is 420 g/mol. The van der Waals surface area contributed by atoms with E-state index in [2.05, 4.69) is 58.3 Å². The quantitative estimate of drug-likeness (QED) is 0.436. The van der Waals surface area contributed by atoms with Crippen LogP contribution in [-0.4, -0.2) is 24.8 Å². The molecule has 0 unspecified atom stereocenters. The van der Waals surface area contributed by atoms with Crippen molar-refractivity contribution in [1.82, 2.24) is 24.8 Å². The Kier molecular flexibility index (Phi) is 5.23. The van der Waals surface area contributed by atoms with E-state index in [1.165, 1.54) is 22.3 Å². The van der Waals surface area contributed by atoms with E-state index in [0.29, 0.717) is 0 Å². The Morgan fingerprint density at radius 3 is 2.31 bits per heavy atom. The van der Waals surface area contributed by atoms with Gasteiger partial charge in [0.1, 0.15) is 0 Å². The van der Waals surface area contributed by atoms with Crippen LogP contribution in [0.1, 0.15) is 33.6 Å². The SMILES string of the molecule is Cc1cc(-c2cc3c(cn2)CN(Cc2cnc(-c4ccnc(C)c4)c(C)c2)C=C3)ccn1. The predicted octanol–water partition coefficient (Wildman–Crippen LogP) is 5.51. The molecule has 5 heteroatoms. The highest BCUT2D eigenvalue weighted by Gasteiger charge is 2.14. The first-order valence-electron chi connectivity index (χ1n) is 10.8. The Bertz CT molecular complexity index is 1330. The summed E-state index contributed by atoms with van der Waals surface area (Å²) in [6.45, 7) is 7.77. The molecule has 5 rings (SSSR count). The van der Waals surface area contributed by atoms with E-state index in [1.54, 1.807) is 0 Å². The molecule has 0 aliphatic carbocycles. The fourth-order valence-electron chi connectivity index (χ4n) is 4.16. The summed E-state index contributed by atoms with van der Waals surface area (Å²) in [5.74, 6) is 0. The number of aromatic nitrogens is 4. The highest BCUT2D eigenvalue weighted by Crippen LogP contribution is 2.27. The maximum atomic E-state index is 4.76. The molecular weight excluding hydrogens is 394 g/mol. The van der Waals surface area contributed by atoms with Crippen molar-refractivity contribution in [3.63, 3.8) is 0 Å². The van der Waals surface area contributed by atoms with Gasteiger partial charge in [-0.05, 0) is 79.4 Å². The molecule has 0 spiro atoms. The standard InChI is InChI=1S/C27H25N5/c1-18-10-21(14-31-27(18)24-5-8-29-20(3)12-24)16-32-9-6-22-13-26(30-15-25(22)17-32)23-4-7-28-19(2)11-23/h4-15H,16-17H2,1-3H3. The van der Waals surface area contributed by atoms with E-state index in [0.717, 1.165) is 47.0 Å². The van der Waals surface area contributed by atoms with Crippen LogP contribution in [0.5, 0.6) is 0 Å². The minimum atomic E-state index is 0.810. The Hall–Kier alpha value is -3.86. The monoisotopic (exact) mass is 419 g/mol. The van der Waals surface area contributed by atoms with Gasteiger partial charge >= 0.3 is 0 Å². The van der Waals surface area contributed by atoms with E-state index in [-0.39, 0.29) is 0 Å². The molecule has 0 radical (unpaired) electrons. The maximum absolute atomic E-state index is 4.76. The summed E-state index contributed by atoms with van der Waals surface area (Å²) in [4.78, 5) is 20.3. The van der Waals surface area contributed by atoms with E-state index in [4.69, 9.17) is 9.97 Å². The Balaban J connectivity index is 1.33. The molecule has 0 fully saturated rings. The third-order valence-electron chi connectivity index (χ3n) is 5.74. The molecule has 0 saturated carbocycles. The zero-order valence-electron chi connectivity index (χ0n) is 18.6. The van der Waals surface area contributed by atoms with Crippen molar-refractivity contribution in [2.24, 2.45) is 0 Å². The smallest absolute Gasteiger partial charge is 0.0732 e. The molecule has 0 bridgehead atoms. The molecule has 5 heterocycles. The van der Waals surface area contributed by atoms with E-state index in [9.17, 15) is 0 Å². The number of pyridine rings is 4. The lowest BCUT2D eigenvalue weighted by molar-refractivity contribution is 0.358. The van der Waals surface area contributed by atoms with Gasteiger partial charge in [-0.2, -0.15) is 0 Å². The van der Waals surface area contributed by atoms with Crippen LogP contribution >= 0.6 is 0 Å². The summed E-state index contributed by atoms with van der Waals surface area (Å²) in [7, 11) is 0. The largest absolute Gasteiger partial charge is 0.369 e. The first-order valence-corrected chi connectivity index (χ1v) is 10.8. The number of nitrogens with zero attached hydrogens (tertiary/aromatic N) is 5. The van der Waals surface area contributed by atoms with Crippen molar-refractivity contribution in [2.45, 2.75) is 33.9 Å². The van der Waals surface area contributed by atoms with Crippen molar-refractivity contribution in [3.8, 4) is 22.5 Å². The van der Waals surface area contributed by atoms with Crippen LogP contribution in [0.25, 0.3) is 28.6 Å². The maximum Gasteiger partial charge on any atom is 0.0732 e. The summed E-state index contributed by atoms with van der Waals surface area (Å²) in [6, 6.07) is 12.6. The summed E-state index contributed by atoms with van der Waals surface area (Å²) < 4.78 is 0. The predicted molar refractivity (Wildman–Crippen MR) is 127 cm³/mol. The highest BCUT2D eigenvalue weighted by molar-refractivity contribution is 5.66. The van der Waals surface area contributed by atoms with Crippen molar-refractivity contribution < 1.29 is 0 Å². The van der Waals surface area contributed by atoms with Gasteiger partial charge in [-0.15, -0.1) is 0 Å². The van der Waals surface area contributed by atoms with Gasteiger partial charge < -0.3 is 4.90 Å². The van der Waals surface area contributed by atoms with Gasteiger partial charge in [-0.1, -0.05) is 6.07 Å². The molecule has 0 N–H and O–H groups in total. The normalized spacial score (nSPS) is 12.7. The Morgan fingerprint density at radius 1 is 0.812 bits per heavy atom. The van der Waals surface area contributed by atoms with Gasteiger partial charge in [-0.3, -0.25) is 19.9 Å². The number of hydrogen-bond donors (Lipinski definition) is 0. The Labute approximate surface area is 188 Å². The molecule has 0 aromatic carbocycles. The number of hydrogen-bond acceptors (Lipinski definition) is 5. The molecule has 0 saturated heterocycles. The van der Waals surface area contributed by atoms with Crippen LogP contribution in [0.4, 0.5) is 0 Å². The molecule has 1 aliphatic heterocycles. The Morgan fingerprint density at radius 2 is 1.56 bits per heavy atom. The van der Waals surface area contributed by atoms with Crippen molar-refractivity contribution >= 4 is 6.08 Å². The molecule has 4 aromatic rings. The highest BCUT2D eigenvalue weighted by atomic mass is 15.1. The number of rotatable bonds is 4. The lowest BCUT2D eigenvalue weighted by atomic mass is 10.0. The average Bonchev–Trinajstić information content (AvgIpc) is 2.79. The van der Waals surface area contributed by atoms with E-state index < -0.39 is 0 Å². The molecular formula is C27H25N5. The molecule has 0 amide bonds. The molecule has 0 atom stereocenters. The van der Waals surface area contributed by atoms with Crippen LogP contribution < -0.4 is 0 Å². The first-order chi connectivity index (χ1) is 15.5. The van der Waals surface area contributed by atoms with Crippen molar-refractivity contribution in [1.29, 1.82) is 0 Å². The third kappa shape index (κ3) is 4.14. The van der Waals surface area contributed by atoms with Gasteiger partial charge in [-0.25, -0.2) is 0 Å². The van der Waals surface area contributed by atoms with Crippen LogP contribution in [0, 0.1) is 20.8 Å². The van der Waals surface area contributed by atoms with E-state index in [1.807, 2.05) is 50.8 Å². The third-order valence-corrected chi connectivity index (χ3v) is 5.74. The zero-order valence-corrected chi connectivity index (χ0v) is 18.6. The molecule has 32 heavy (non-hydrogen) atoms. The van der Waals surface area contributed by atoms with Crippen LogP contribution in [0.3, 0.4) is 0 Å². The van der Waals surface area contributed by atoms with Crippen LogP contribution in [0.15, 0.2) is 67.4 Å². The second kappa shape index (κ2) is 8.35. The summed E-state index contributed by atoms with van der Waals surface area (Å²) in [5.41, 5.74) is 11.0. The number of fused-ring (bicyclic) bond motifs is 1. The summed E-state index contributed by atoms with van der Waals surface area (Å²) in [6.07, 6.45) is 12.0. The van der Waals surface area contributed by atoms with Gasteiger partial charge in [0.15, 0.2) is 0 Å². The lowest BCUT2D eigenvalue weighted by Gasteiger charge is -2.25. The molecule has 158 valence electrons. The minimum absolute atomic E-state index is 0.810. The fraction of sp³-hybridized carbons (Fsp3) is 0.185. The topological polar surface area (TPSA) is 54.8 Å². The minimum Gasteiger partial charge on any atom is -0.369 e. The first kappa shape index (κ1) is 20.1. The second-order valence-electron chi connectivity index (χ2n) is 8.37. The second-order valence-corrected chi connectivity index (χ2v) is 8.37. The van der Waals surface area contributed by atoms with Gasteiger partial charge in [0.05, 0.1) is 11.4 Å². The zero-order chi connectivity index (χ0) is 22.1. The summed E-state index contributed by atoms with van der Waals surface area (Å²) in [5, 5.41) is 0. The summed E-state index contributed by atoms with van der Waals surface area (Å²) >= 11 is 0. The lowest BCUT2D eigenvalue weighted by Crippen LogP contribution is -2.20. The fourth-order valence-corrected chi connectivity index (χ4v) is 4.16. The van der Waals surface area contributed by atoms with Crippen LogP contribution in [0.2, 0.25) is 0 Å². The molecule has 5 nitrogen and oxygen atoms in total. The van der Waals surface area contributed by atoms with Crippen molar-refractivity contribution in [3.05, 3.63) is 101 Å². The van der Waals surface area contributed by atoms with E-state index >= 15 is 0 Å². The molecule has 1 aliphatic rings. The van der Waals surface area contributed by atoms with Gasteiger partial charge in [0.25, 0.3) is 0 Å². The molecule has 4 aromatic heterocycles.